The maximum absolute atomic E-state index is 9.05. The molecule has 0 saturated carbocycles. The number of hydrogen-bond acceptors (Lipinski definition) is 4. The Morgan fingerprint density at radius 1 is 1.39 bits per heavy atom. The van der Waals surface area contributed by atoms with Crippen LogP contribution in [0.15, 0.2) is 18.2 Å². The molecular weight excluding hydrogens is 228 g/mol. The highest BCUT2D eigenvalue weighted by molar-refractivity contribution is 5.43. The molecule has 0 aliphatic heterocycles. The topological polar surface area (TPSA) is 54.3 Å². The standard InChI is InChI=1S/C14H20N2O2/c1-5-11-6-7-12(13(8-11)17-4)18-10-14(2,9-15)16-3/h6-8,16H,5,10H2,1-4H3. The number of hydrogen-bond donors (Lipinski definition) is 1. The second-order valence-corrected chi connectivity index (χ2v) is 4.32. The molecule has 4 nitrogen and oxygen atoms in total. The van der Waals surface area contributed by atoms with Gasteiger partial charge in [-0.3, -0.25) is 5.32 Å². The maximum atomic E-state index is 9.05. The zero-order valence-electron chi connectivity index (χ0n) is 11.4. The molecule has 1 aromatic rings. The van der Waals surface area contributed by atoms with Crippen LogP contribution in [0.3, 0.4) is 0 Å². The van der Waals surface area contributed by atoms with Crippen molar-refractivity contribution < 1.29 is 9.47 Å². The Kier molecular flexibility index (Phi) is 4.99. The quantitative estimate of drug-likeness (QED) is 0.838. The fraction of sp³-hybridized carbons (Fsp3) is 0.500. The normalized spacial score (nSPS) is 13.5. The fourth-order valence-corrected chi connectivity index (χ4v) is 1.43. The van der Waals surface area contributed by atoms with Crippen molar-refractivity contribution in [2.45, 2.75) is 25.8 Å². The number of nitrogens with zero attached hydrogens (tertiary/aromatic N) is 1. The van der Waals surface area contributed by atoms with Gasteiger partial charge in [0.25, 0.3) is 0 Å². The molecule has 0 amide bonds. The van der Waals surface area contributed by atoms with Gasteiger partial charge >= 0.3 is 0 Å². The van der Waals surface area contributed by atoms with Gasteiger partial charge in [0.1, 0.15) is 12.1 Å². The van der Waals surface area contributed by atoms with Gasteiger partial charge in [-0.05, 0) is 38.1 Å². The van der Waals surface area contributed by atoms with Gasteiger partial charge in [-0.15, -0.1) is 0 Å². The predicted molar refractivity (Wildman–Crippen MR) is 70.9 cm³/mol. The summed E-state index contributed by atoms with van der Waals surface area (Å²) in [6, 6.07) is 8.02. The molecule has 1 N–H and O–H groups in total. The first-order valence-electron chi connectivity index (χ1n) is 5.98. The van der Waals surface area contributed by atoms with E-state index >= 15 is 0 Å². The van der Waals surface area contributed by atoms with Crippen LogP contribution in [0.2, 0.25) is 0 Å². The van der Waals surface area contributed by atoms with E-state index in [1.807, 2.05) is 18.2 Å². The lowest BCUT2D eigenvalue weighted by Gasteiger charge is -2.21. The van der Waals surface area contributed by atoms with E-state index in [0.717, 1.165) is 6.42 Å². The third-order valence-electron chi connectivity index (χ3n) is 2.95. The highest BCUT2D eigenvalue weighted by Gasteiger charge is 2.22. The Labute approximate surface area is 109 Å². The lowest BCUT2D eigenvalue weighted by atomic mass is 10.1. The van der Waals surface area contributed by atoms with Crippen molar-refractivity contribution in [1.82, 2.24) is 5.32 Å². The van der Waals surface area contributed by atoms with E-state index in [2.05, 4.69) is 18.3 Å². The Bertz CT molecular complexity index is 440. The lowest BCUT2D eigenvalue weighted by Crippen LogP contribution is -2.43. The summed E-state index contributed by atoms with van der Waals surface area (Å²) in [6.45, 7) is 4.14. The van der Waals surface area contributed by atoms with Gasteiger partial charge < -0.3 is 9.47 Å². The van der Waals surface area contributed by atoms with E-state index in [1.165, 1.54) is 5.56 Å². The van der Waals surface area contributed by atoms with Crippen LogP contribution in [0.4, 0.5) is 0 Å². The van der Waals surface area contributed by atoms with E-state index in [9.17, 15) is 0 Å². The van der Waals surface area contributed by atoms with Gasteiger partial charge in [0, 0.05) is 0 Å². The molecule has 4 heteroatoms. The molecule has 0 radical (unpaired) electrons. The molecule has 0 bridgehead atoms. The molecule has 0 heterocycles. The number of rotatable bonds is 6. The number of aryl methyl sites for hydroxylation is 1. The largest absolute Gasteiger partial charge is 0.493 e. The molecule has 1 rings (SSSR count). The van der Waals surface area contributed by atoms with Crippen LogP contribution in [0, 0.1) is 11.3 Å². The lowest BCUT2D eigenvalue weighted by molar-refractivity contribution is 0.232. The summed E-state index contributed by atoms with van der Waals surface area (Å²) < 4.78 is 11.0. The molecule has 0 aliphatic carbocycles. The van der Waals surface area contributed by atoms with Gasteiger partial charge in [0.05, 0.1) is 13.2 Å². The van der Waals surface area contributed by atoms with Gasteiger partial charge in [-0.2, -0.15) is 5.26 Å². The minimum Gasteiger partial charge on any atom is -0.493 e. The van der Waals surface area contributed by atoms with Gasteiger partial charge in [0.2, 0.25) is 0 Å². The third-order valence-corrected chi connectivity index (χ3v) is 2.95. The number of methoxy groups -OCH3 is 1. The molecule has 0 saturated heterocycles. The number of benzene rings is 1. The van der Waals surface area contributed by atoms with Crippen LogP contribution in [-0.2, 0) is 6.42 Å². The molecule has 0 fully saturated rings. The number of nitrogens with one attached hydrogen (secondary N) is 1. The molecule has 0 spiro atoms. The zero-order chi connectivity index (χ0) is 13.6. The van der Waals surface area contributed by atoms with E-state index in [-0.39, 0.29) is 6.61 Å². The molecular formula is C14H20N2O2. The summed E-state index contributed by atoms with van der Waals surface area (Å²) in [6.07, 6.45) is 0.947. The highest BCUT2D eigenvalue weighted by atomic mass is 16.5. The summed E-state index contributed by atoms with van der Waals surface area (Å²) in [4.78, 5) is 0. The molecule has 1 atom stereocenters. The van der Waals surface area contributed by atoms with Crippen molar-refractivity contribution in [3.05, 3.63) is 23.8 Å². The van der Waals surface area contributed by atoms with Crippen molar-refractivity contribution in [3.8, 4) is 17.6 Å². The monoisotopic (exact) mass is 248 g/mol. The molecule has 1 unspecified atom stereocenters. The van der Waals surface area contributed by atoms with E-state index in [0.29, 0.717) is 11.5 Å². The fourth-order valence-electron chi connectivity index (χ4n) is 1.43. The summed E-state index contributed by atoms with van der Waals surface area (Å²) in [5.41, 5.74) is 0.491. The SMILES string of the molecule is CCc1ccc(OCC(C)(C#N)NC)c(OC)c1. The number of likely N-dealkylation sites (N-methyl/N-ethyl adjacent to an activating group) is 1. The van der Waals surface area contributed by atoms with Crippen LogP contribution >= 0.6 is 0 Å². The molecule has 18 heavy (non-hydrogen) atoms. The molecule has 98 valence electrons. The summed E-state index contributed by atoms with van der Waals surface area (Å²) in [5.74, 6) is 1.36. The van der Waals surface area contributed by atoms with Crippen LogP contribution in [0.1, 0.15) is 19.4 Å². The van der Waals surface area contributed by atoms with Gasteiger partial charge in [-0.1, -0.05) is 13.0 Å². The second-order valence-electron chi connectivity index (χ2n) is 4.32. The van der Waals surface area contributed by atoms with Crippen molar-refractivity contribution in [3.63, 3.8) is 0 Å². The molecule has 0 aromatic heterocycles. The zero-order valence-corrected chi connectivity index (χ0v) is 11.4. The van der Waals surface area contributed by atoms with Crippen molar-refractivity contribution >= 4 is 0 Å². The van der Waals surface area contributed by atoms with E-state index in [1.54, 1.807) is 21.1 Å². The Morgan fingerprint density at radius 2 is 2.11 bits per heavy atom. The Morgan fingerprint density at radius 3 is 2.61 bits per heavy atom. The number of ether oxygens (including phenoxy) is 2. The Hall–Kier alpha value is -1.73. The van der Waals surface area contributed by atoms with E-state index < -0.39 is 5.54 Å². The number of nitriles is 1. The second kappa shape index (κ2) is 6.27. The highest BCUT2D eigenvalue weighted by Crippen LogP contribution is 2.28. The summed E-state index contributed by atoms with van der Waals surface area (Å²) in [5, 5.41) is 12.0. The van der Waals surface area contributed by atoms with E-state index in [4.69, 9.17) is 14.7 Å². The summed E-state index contributed by atoms with van der Waals surface area (Å²) >= 11 is 0. The predicted octanol–water partition coefficient (Wildman–Crippen LogP) is 2.14. The van der Waals surface area contributed by atoms with Crippen LogP contribution in [-0.4, -0.2) is 26.3 Å². The molecule has 0 aliphatic rings. The van der Waals surface area contributed by atoms with Crippen LogP contribution < -0.4 is 14.8 Å². The molecule has 1 aromatic carbocycles. The first kappa shape index (κ1) is 14.3. The van der Waals surface area contributed by atoms with Gasteiger partial charge in [-0.25, -0.2) is 0 Å². The third kappa shape index (κ3) is 3.38. The maximum Gasteiger partial charge on any atom is 0.161 e. The smallest absolute Gasteiger partial charge is 0.161 e. The van der Waals surface area contributed by atoms with Gasteiger partial charge in [0.15, 0.2) is 11.5 Å². The Balaban J connectivity index is 2.82. The van der Waals surface area contributed by atoms with Crippen molar-refractivity contribution in [2.75, 3.05) is 20.8 Å². The van der Waals surface area contributed by atoms with Crippen molar-refractivity contribution in [1.29, 1.82) is 5.26 Å². The minimum absolute atomic E-state index is 0.266. The minimum atomic E-state index is -0.700. The average molecular weight is 248 g/mol. The first-order valence-corrected chi connectivity index (χ1v) is 5.98. The average Bonchev–Trinajstić information content (AvgIpc) is 2.44. The van der Waals surface area contributed by atoms with Crippen molar-refractivity contribution in [2.24, 2.45) is 0 Å². The first-order chi connectivity index (χ1) is 8.58. The van der Waals surface area contributed by atoms with Crippen LogP contribution in [0.25, 0.3) is 0 Å². The summed E-state index contributed by atoms with van der Waals surface area (Å²) in [7, 11) is 3.35. The van der Waals surface area contributed by atoms with Crippen LogP contribution in [0.5, 0.6) is 11.5 Å².